The zero-order valence-electron chi connectivity index (χ0n) is 23.8. The van der Waals surface area contributed by atoms with Crippen molar-refractivity contribution in [1.82, 2.24) is 0 Å². The summed E-state index contributed by atoms with van der Waals surface area (Å²) in [4.78, 5) is 35.8. The lowest BCUT2D eigenvalue weighted by atomic mass is 9.78. The van der Waals surface area contributed by atoms with Gasteiger partial charge in [-0.2, -0.15) is 0 Å². The van der Waals surface area contributed by atoms with Crippen molar-refractivity contribution in [2.24, 2.45) is 0 Å². The van der Waals surface area contributed by atoms with Crippen molar-refractivity contribution in [3.63, 3.8) is 0 Å². The smallest absolute Gasteiger partial charge is 0.386 e. The molecular weight excluding hydrogens is 456 g/mol. The maximum Gasteiger partial charge on any atom is 0.386 e. The summed E-state index contributed by atoms with van der Waals surface area (Å²) >= 11 is 0. The lowest BCUT2D eigenvalue weighted by Gasteiger charge is -2.28. The third kappa shape index (κ3) is 6.40. The number of carbonyl (C=O) groups excluding carboxylic acids is 2. The normalized spacial score (nSPS) is 12.9. The Balaban J connectivity index is 2.44. The number of phenolic OH excluding ortho intramolecular Hbond substituents is 2. The molecule has 0 aliphatic heterocycles. The van der Waals surface area contributed by atoms with Crippen molar-refractivity contribution in [3.8, 4) is 11.5 Å². The molecule has 0 aromatic heterocycles. The molecular formula is C30H42O6. The van der Waals surface area contributed by atoms with Crippen molar-refractivity contribution in [3.05, 3.63) is 57.6 Å². The number of hydrogen-bond donors (Lipinski definition) is 2. The highest BCUT2D eigenvalue weighted by Gasteiger charge is 2.30. The Kier molecular flexibility index (Phi) is 7.67. The summed E-state index contributed by atoms with van der Waals surface area (Å²) in [6.07, 6.45) is 0. The molecule has 0 aliphatic rings. The Morgan fingerprint density at radius 3 is 0.861 bits per heavy atom. The average Bonchev–Trinajstić information content (AvgIpc) is 2.68. The van der Waals surface area contributed by atoms with Gasteiger partial charge in [0.25, 0.3) is 0 Å². The summed E-state index contributed by atoms with van der Waals surface area (Å²) in [6, 6.07) is 6.26. The topological polar surface area (TPSA) is 93.1 Å². The highest BCUT2D eigenvalue weighted by Crippen LogP contribution is 2.41. The zero-order valence-corrected chi connectivity index (χ0v) is 23.8. The quantitative estimate of drug-likeness (QED) is 0.335. The average molecular weight is 499 g/mol. The summed E-state index contributed by atoms with van der Waals surface area (Å²) in [5, 5.41) is 21.8. The molecule has 36 heavy (non-hydrogen) atoms. The van der Waals surface area contributed by atoms with E-state index in [9.17, 15) is 19.8 Å². The van der Waals surface area contributed by atoms with Crippen molar-refractivity contribution in [2.45, 2.75) is 105 Å². The summed E-state index contributed by atoms with van der Waals surface area (Å²) in [6.45, 7) is 23.3. The molecule has 0 heterocycles. The summed E-state index contributed by atoms with van der Waals surface area (Å²) < 4.78 is 0. The molecule has 2 rings (SSSR count). The number of benzene rings is 2. The molecule has 0 spiro atoms. The number of carbonyl (C=O) groups is 2. The van der Waals surface area contributed by atoms with Crippen LogP contribution in [0.3, 0.4) is 0 Å². The van der Waals surface area contributed by atoms with Crippen LogP contribution in [0, 0.1) is 0 Å². The Morgan fingerprint density at radius 2 is 0.694 bits per heavy atom. The minimum absolute atomic E-state index is 0.136. The van der Waals surface area contributed by atoms with E-state index in [-0.39, 0.29) is 22.6 Å². The van der Waals surface area contributed by atoms with Gasteiger partial charge in [0.05, 0.1) is 11.1 Å². The van der Waals surface area contributed by atoms with Gasteiger partial charge in [-0.25, -0.2) is 19.4 Å². The Labute approximate surface area is 215 Å². The molecule has 0 saturated heterocycles. The van der Waals surface area contributed by atoms with Crippen molar-refractivity contribution < 1.29 is 29.6 Å². The lowest BCUT2D eigenvalue weighted by Crippen LogP contribution is -2.21. The van der Waals surface area contributed by atoms with E-state index in [1.807, 2.05) is 83.1 Å². The van der Waals surface area contributed by atoms with Crippen LogP contribution in [0.15, 0.2) is 24.3 Å². The van der Waals surface area contributed by atoms with Crippen LogP contribution >= 0.6 is 0 Å². The van der Waals surface area contributed by atoms with Crippen molar-refractivity contribution in [2.75, 3.05) is 0 Å². The van der Waals surface area contributed by atoms with Gasteiger partial charge < -0.3 is 10.2 Å². The van der Waals surface area contributed by atoms with Crippen LogP contribution in [0.5, 0.6) is 11.5 Å². The fraction of sp³-hybridized carbons (Fsp3) is 0.533. The highest BCUT2D eigenvalue weighted by atomic mass is 17.2. The standard InChI is InChI=1S/C30H42O6/c1-27(2,3)19-13-17(14-20(23(19)31)28(4,5)6)25(33)35-36-26(34)18-15-21(29(7,8)9)24(32)22(16-18)30(10,11)12/h13-16,31-32H,1-12H3. The Morgan fingerprint density at radius 1 is 0.500 bits per heavy atom. The van der Waals surface area contributed by atoms with E-state index in [4.69, 9.17) is 9.78 Å². The van der Waals surface area contributed by atoms with Crippen molar-refractivity contribution in [1.29, 1.82) is 0 Å². The molecule has 0 amide bonds. The second-order valence-electron chi connectivity index (χ2n) is 13.6. The highest BCUT2D eigenvalue weighted by molar-refractivity contribution is 5.93. The molecule has 6 nitrogen and oxygen atoms in total. The van der Waals surface area contributed by atoms with Crippen LogP contribution < -0.4 is 0 Å². The van der Waals surface area contributed by atoms with Gasteiger partial charge in [0, 0.05) is 22.3 Å². The van der Waals surface area contributed by atoms with Gasteiger partial charge >= 0.3 is 11.9 Å². The Hall–Kier alpha value is -3.02. The summed E-state index contributed by atoms with van der Waals surface area (Å²) in [5.74, 6) is -1.41. The lowest BCUT2D eigenvalue weighted by molar-refractivity contribution is -0.187. The molecule has 2 aromatic rings. The molecule has 0 unspecified atom stereocenters. The maximum atomic E-state index is 12.9. The predicted molar refractivity (Wildman–Crippen MR) is 142 cm³/mol. The van der Waals surface area contributed by atoms with Gasteiger partial charge in [-0.15, -0.1) is 0 Å². The molecule has 0 atom stereocenters. The second-order valence-corrected chi connectivity index (χ2v) is 13.6. The molecule has 0 fully saturated rings. The number of phenols is 2. The van der Waals surface area contributed by atoms with Crippen LogP contribution in [0.2, 0.25) is 0 Å². The molecule has 0 aliphatic carbocycles. The van der Waals surface area contributed by atoms with E-state index in [0.29, 0.717) is 22.3 Å². The van der Waals surface area contributed by atoms with Gasteiger partial charge in [0.15, 0.2) is 0 Å². The summed E-state index contributed by atoms with van der Waals surface area (Å²) in [5.41, 5.74) is 0.983. The minimum Gasteiger partial charge on any atom is -0.507 e. The summed E-state index contributed by atoms with van der Waals surface area (Å²) in [7, 11) is 0. The van der Waals surface area contributed by atoms with Crippen LogP contribution in [0.4, 0.5) is 0 Å². The third-order valence-corrected chi connectivity index (χ3v) is 6.12. The second kappa shape index (κ2) is 9.45. The van der Waals surface area contributed by atoms with Crippen LogP contribution in [-0.4, -0.2) is 22.2 Å². The zero-order chi connectivity index (χ0) is 28.0. The third-order valence-electron chi connectivity index (χ3n) is 6.12. The van der Waals surface area contributed by atoms with Gasteiger partial charge in [-0.1, -0.05) is 83.1 Å². The fourth-order valence-electron chi connectivity index (χ4n) is 3.96. The first-order valence-corrected chi connectivity index (χ1v) is 12.2. The monoisotopic (exact) mass is 498 g/mol. The molecule has 6 heteroatoms. The van der Waals surface area contributed by atoms with E-state index in [1.54, 1.807) is 24.3 Å². The molecule has 198 valence electrons. The van der Waals surface area contributed by atoms with Crippen molar-refractivity contribution >= 4 is 11.9 Å². The van der Waals surface area contributed by atoms with Crippen LogP contribution in [-0.2, 0) is 31.4 Å². The first kappa shape index (κ1) is 29.2. The minimum atomic E-state index is -0.842. The number of aromatic hydroxyl groups is 2. The first-order chi connectivity index (χ1) is 16.0. The largest absolute Gasteiger partial charge is 0.507 e. The predicted octanol–water partition coefficient (Wildman–Crippen LogP) is 7.22. The molecule has 0 radical (unpaired) electrons. The van der Waals surface area contributed by atoms with E-state index >= 15 is 0 Å². The maximum absolute atomic E-state index is 12.9. The Bertz CT molecular complexity index is 998. The van der Waals surface area contributed by atoms with Gasteiger partial charge in [-0.3, -0.25) is 0 Å². The number of rotatable bonds is 2. The molecule has 0 bridgehead atoms. The van der Waals surface area contributed by atoms with E-state index in [2.05, 4.69) is 0 Å². The van der Waals surface area contributed by atoms with Gasteiger partial charge in [0.1, 0.15) is 11.5 Å². The van der Waals surface area contributed by atoms with Gasteiger partial charge in [0.2, 0.25) is 0 Å². The SMILES string of the molecule is CC(C)(C)c1cc(C(=O)OOC(=O)c2cc(C(C)(C)C)c(O)c(C(C)(C)C)c2)cc(C(C)(C)C)c1O. The van der Waals surface area contributed by atoms with Crippen LogP contribution in [0.1, 0.15) is 126 Å². The molecule has 0 saturated carbocycles. The van der Waals surface area contributed by atoms with E-state index in [0.717, 1.165) is 0 Å². The number of hydrogen-bond acceptors (Lipinski definition) is 6. The van der Waals surface area contributed by atoms with E-state index < -0.39 is 33.6 Å². The van der Waals surface area contributed by atoms with Crippen LogP contribution in [0.25, 0.3) is 0 Å². The first-order valence-electron chi connectivity index (χ1n) is 12.2. The molecule has 2 N–H and O–H groups in total. The fourth-order valence-corrected chi connectivity index (χ4v) is 3.96. The van der Waals surface area contributed by atoms with E-state index in [1.165, 1.54) is 0 Å². The van der Waals surface area contributed by atoms with Gasteiger partial charge in [-0.05, 0) is 45.9 Å². The molecule has 2 aromatic carbocycles.